The van der Waals surface area contributed by atoms with Gasteiger partial charge in [-0.2, -0.15) is 30.2 Å². The second-order valence-electron chi connectivity index (χ2n) is 4.74. The van der Waals surface area contributed by atoms with Gasteiger partial charge < -0.3 is 5.11 Å². The molecule has 6 nitrogen and oxygen atoms in total. The molecule has 0 aromatic heterocycles. The molecule has 1 aliphatic heterocycles. The Hall–Kier alpha value is -0.870. The van der Waals surface area contributed by atoms with Crippen LogP contribution in [0, 0.1) is 0 Å². The van der Waals surface area contributed by atoms with Crippen LogP contribution in [0.2, 0.25) is 0 Å². The molecule has 1 unspecified atom stereocenters. The summed E-state index contributed by atoms with van der Waals surface area (Å²) < 4.78 is 62.6. The highest BCUT2D eigenvalue weighted by Gasteiger charge is 2.41. The number of nitrogens with zero attached hydrogens (tertiary/aromatic N) is 2. The number of aliphatic carboxylic acids is 1. The summed E-state index contributed by atoms with van der Waals surface area (Å²) in [6.45, 7) is -1.30. The summed E-state index contributed by atoms with van der Waals surface area (Å²) in [5.41, 5.74) is 0. The first-order valence-corrected chi connectivity index (χ1v) is 7.49. The minimum Gasteiger partial charge on any atom is -0.480 e. The molecule has 1 aliphatic rings. The molecule has 0 aromatic carbocycles. The molecular weight excluding hydrogens is 301 g/mol. The minimum atomic E-state index is -4.79. The summed E-state index contributed by atoms with van der Waals surface area (Å²) in [4.78, 5) is 10.6. The van der Waals surface area contributed by atoms with E-state index in [1.165, 1.54) is 0 Å². The predicted octanol–water partition coefficient (Wildman–Crippen LogP) is 1.05. The molecule has 1 fully saturated rings. The summed E-state index contributed by atoms with van der Waals surface area (Å²) in [5, 5.41) is 8.62. The molecule has 0 aliphatic carbocycles. The lowest BCUT2D eigenvalue weighted by molar-refractivity contribution is -0.146. The molecule has 0 amide bonds. The van der Waals surface area contributed by atoms with Crippen molar-refractivity contribution in [3.63, 3.8) is 0 Å². The summed E-state index contributed by atoms with van der Waals surface area (Å²) >= 11 is 0. The quantitative estimate of drug-likeness (QED) is 0.822. The molecule has 1 rings (SSSR count). The first-order chi connectivity index (χ1) is 9.04. The maximum absolute atomic E-state index is 12.4. The highest BCUT2D eigenvalue weighted by molar-refractivity contribution is 7.86. The Labute approximate surface area is 115 Å². The molecule has 0 saturated carbocycles. The third-order valence-electron chi connectivity index (χ3n) is 3.03. The van der Waals surface area contributed by atoms with Crippen molar-refractivity contribution in [2.45, 2.75) is 38.4 Å². The zero-order valence-electron chi connectivity index (χ0n) is 10.9. The van der Waals surface area contributed by atoms with Gasteiger partial charge in [-0.05, 0) is 19.8 Å². The van der Waals surface area contributed by atoms with Gasteiger partial charge >= 0.3 is 12.1 Å². The normalized spacial score (nSPS) is 22.1. The second-order valence-corrected chi connectivity index (χ2v) is 6.62. The number of carboxylic acid groups (broad SMARTS) is 1. The van der Waals surface area contributed by atoms with Crippen molar-refractivity contribution >= 4 is 16.2 Å². The summed E-state index contributed by atoms with van der Waals surface area (Å²) in [6, 6.07) is -0.432. The number of piperidine rings is 1. The molecule has 1 atom stereocenters. The smallest absolute Gasteiger partial charge is 0.402 e. The lowest BCUT2D eigenvalue weighted by Crippen LogP contribution is -2.53. The third-order valence-corrected chi connectivity index (χ3v) is 5.08. The Morgan fingerprint density at radius 2 is 2.00 bits per heavy atom. The average Bonchev–Trinajstić information content (AvgIpc) is 2.25. The predicted molar refractivity (Wildman–Crippen MR) is 64.2 cm³/mol. The van der Waals surface area contributed by atoms with Gasteiger partial charge in [0.2, 0.25) is 0 Å². The van der Waals surface area contributed by atoms with Crippen LogP contribution < -0.4 is 0 Å². The monoisotopic (exact) mass is 318 g/mol. The van der Waals surface area contributed by atoms with Crippen molar-refractivity contribution in [2.24, 2.45) is 0 Å². The maximum Gasteiger partial charge on any atom is 0.402 e. The van der Waals surface area contributed by atoms with E-state index in [-0.39, 0.29) is 10.8 Å². The van der Waals surface area contributed by atoms with Crippen LogP contribution in [0.4, 0.5) is 13.2 Å². The molecular formula is C10H17F3N2O4S. The van der Waals surface area contributed by atoms with E-state index in [9.17, 15) is 26.4 Å². The van der Waals surface area contributed by atoms with Crippen molar-refractivity contribution in [3.05, 3.63) is 0 Å². The Bertz CT molecular complexity index is 452. The fourth-order valence-corrected chi connectivity index (χ4v) is 3.93. The van der Waals surface area contributed by atoms with E-state index in [0.717, 1.165) is 10.7 Å². The van der Waals surface area contributed by atoms with Crippen LogP contribution in [0.1, 0.15) is 26.2 Å². The Balaban J connectivity index is 3.00. The molecule has 0 aromatic rings. The molecule has 0 spiro atoms. The first-order valence-electron chi connectivity index (χ1n) is 6.09. The van der Waals surface area contributed by atoms with Gasteiger partial charge in [0, 0.05) is 12.6 Å². The number of rotatable bonds is 5. The van der Waals surface area contributed by atoms with E-state index in [2.05, 4.69) is 0 Å². The van der Waals surface area contributed by atoms with E-state index in [1.54, 1.807) is 6.92 Å². The molecule has 1 N–H and O–H groups in total. The molecule has 0 radical (unpaired) electrons. The lowest BCUT2D eigenvalue weighted by Gasteiger charge is -2.36. The van der Waals surface area contributed by atoms with E-state index in [1.807, 2.05) is 0 Å². The van der Waals surface area contributed by atoms with Crippen LogP contribution in [0.25, 0.3) is 0 Å². The fourth-order valence-electron chi connectivity index (χ4n) is 2.13. The van der Waals surface area contributed by atoms with Crippen molar-refractivity contribution < 1.29 is 31.5 Å². The molecule has 10 heteroatoms. The van der Waals surface area contributed by atoms with E-state index in [0.29, 0.717) is 12.8 Å². The summed E-state index contributed by atoms with van der Waals surface area (Å²) in [6.07, 6.45) is -2.89. The fraction of sp³-hybridized carbons (Fsp3) is 0.900. The van der Waals surface area contributed by atoms with E-state index in [4.69, 9.17) is 5.11 Å². The number of hydrogen-bond acceptors (Lipinski definition) is 3. The van der Waals surface area contributed by atoms with Gasteiger partial charge in [-0.15, -0.1) is 0 Å². The standard InChI is InChI=1S/C10H17F3N2O4S/c1-8-4-2-3-5-15(8)20(18,19)14(6-9(16)17)7-10(11,12)13/h8H,2-7H2,1H3,(H,16,17). The third kappa shape index (κ3) is 4.60. The minimum absolute atomic E-state index is 0.0306. The van der Waals surface area contributed by atoms with Gasteiger partial charge in [0.1, 0.15) is 13.1 Å². The van der Waals surface area contributed by atoms with Crippen molar-refractivity contribution in [3.8, 4) is 0 Å². The summed E-state index contributed by atoms with van der Waals surface area (Å²) in [7, 11) is -4.44. The first kappa shape index (κ1) is 17.2. The zero-order valence-corrected chi connectivity index (χ0v) is 11.7. The Morgan fingerprint density at radius 1 is 1.40 bits per heavy atom. The number of carbonyl (C=O) groups is 1. The number of alkyl halides is 3. The number of hydrogen-bond donors (Lipinski definition) is 1. The molecule has 1 heterocycles. The van der Waals surface area contributed by atoms with Crippen molar-refractivity contribution in [2.75, 3.05) is 19.6 Å². The van der Waals surface area contributed by atoms with Gasteiger partial charge in [-0.1, -0.05) is 6.42 Å². The van der Waals surface area contributed by atoms with Crippen LogP contribution in [0.3, 0.4) is 0 Å². The molecule has 118 valence electrons. The second kappa shape index (κ2) is 6.27. The molecule has 0 bridgehead atoms. The van der Waals surface area contributed by atoms with Gasteiger partial charge in [0.05, 0.1) is 0 Å². The number of carboxylic acids is 1. The molecule has 1 saturated heterocycles. The van der Waals surface area contributed by atoms with Crippen LogP contribution >= 0.6 is 0 Å². The van der Waals surface area contributed by atoms with Gasteiger partial charge in [0.25, 0.3) is 10.2 Å². The average molecular weight is 318 g/mol. The van der Waals surface area contributed by atoms with Crippen LogP contribution in [0.15, 0.2) is 0 Å². The van der Waals surface area contributed by atoms with Crippen LogP contribution in [-0.4, -0.2) is 60.0 Å². The van der Waals surface area contributed by atoms with E-state index < -0.39 is 41.5 Å². The maximum atomic E-state index is 12.4. The summed E-state index contributed by atoms with van der Waals surface area (Å²) in [5.74, 6) is -1.62. The van der Waals surface area contributed by atoms with Gasteiger partial charge in [-0.25, -0.2) is 0 Å². The Morgan fingerprint density at radius 3 is 2.45 bits per heavy atom. The number of halogens is 3. The lowest BCUT2D eigenvalue weighted by atomic mass is 10.1. The van der Waals surface area contributed by atoms with Crippen molar-refractivity contribution in [1.82, 2.24) is 8.61 Å². The van der Waals surface area contributed by atoms with Gasteiger partial charge in [-0.3, -0.25) is 4.79 Å². The highest BCUT2D eigenvalue weighted by atomic mass is 32.2. The zero-order chi connectivity index (χ0) is 15.6. The SMILES string of the molecule is CC1CCCCN1S(=O)(=O)N(CC(=O)O)CC(F)(F)F. The molecule has 20 heavy (non-hydrogen) atoms. The van der Waals surface area contributed by atoms with Crippen molar-refractivity contribution in [1.29, 1.82) is 0 Å². The highest BCUT2D eigenvalue weighted by Crippen LogP contribution is 2.25. The van der Waals surface area contributed by atoms with E-state index >= 15 is 0 Å². The van der Waals surface area contributed by atoms with Crippen LogP contribution in [-0.2, 0) is 15.0 Å². The van der Waals surface area contributed by atoms with Crippen LogP contribution in [0.5, 0.6) is 0 Å². The Kier molecular flexibility index (Phi) is 5.39. The largest absolute Gasteiger partial charge is 0.480 e. The van der Waals surface area contributed by atoms with Gasteiger partial charge in [0.15, 0.2) is 0 Å². The topological polar surface area (TPSA) is 77.9 Å².